The molecule has 2 nitrogen and oxygen atoms in total. The molecule has 0 spiro atoms. The van der Waals surface area contributed by atoms with Gasteiger partial charge in [-0.15, -0.1) is 0 Å². The predicted octanol–water partition coefficient (Wildman–Crippen LogP) is 6.87. The number of anilines is 1. The van der Waals surface area contributed by atoms with Crippen LogP contribution < -0.4 is 10.5 Å². The van der Waals surface area contributed by atoms with Crippen molar-refractivity contribution in [2.24, 2.45) is 17.8 Å². The first kappa shape index (κ1) is 19.4. The highest BCUT2D eigenvalue weighted by atomic mass is 16.5. The molecule has 2 aliphatic rings. The Morgan fingerprint density at radius 1 is 1.04 bits per heavy atom. The SMILES string of the molecule is CCC1CCCCC(C2CCc3ccccc3C2Oc2ccc(C)cc2N)C1. The first-order valence-corrected chi connectivity index (χ1v) is 11.3. The molecular weight excluding hydrogens is 342 g/mol. The third-order valence-electron chi connectivity index (χ3n) is 7.17. The van der Waals surface area contributed by atoms with Crippen LogP contribution in [-0.2, 0) is 6.42 Å². The lowest BCUT2D eigenvalue weighted by Gasteiger charge is -2.39. The number of hydrogen-bond acceptors (Lipinski definition) is 2. The molecule has 150 valence electrons. The van der Waals surface area contributed by atoms with E-state index in [0.29, 0.717) is 5.92 Å². The molecule has 4 unspecified atom stereocenters. The van der Waals surface area contributed by atoms with Crippen LogP contribution in [0.3, 0.4) is 0 Å². The van der Waals surface area contributed by atoms with Gasteiger partial charge in [0.25, 0.3) is 0 Å². The van der Waals surface area contributed by atoms with E-state index < -0.39 is 0 Å². The van der Waals surface area contributed by atoms with E-state index in [1.165, 1.54) is 68.1 Å². The van der Waals surface area contributed by atoms with E-state index >= 15 is 0 Å². The Kier molecular flexibility index (Phi) is 5.94. The predicted molar refractivity (Wildman–Crippen MR) is 118 cm³/mol. The highest BCUT2D eigenvalue weighted by Crippen LogP contribution is 2.47. The summed E-state index contributed by atoms with van der Waals surface area (Å²) in [6, 6.07) is 15.1. The van der Waals surface area contributed by atoms with Crippen LogP contribution in [0, 0.1) is 24.7 Å². The van der Waals surface area contributed by atoms with Crippen LogP contribution in [-0.4, -0.2) is 0 Å². The highest BCUT2D eigenvalue weighted by Gasteiger charge is 2.37. The smallest absolute Gasteiger partial charge is 0.143 e. The van der Waals surface area contributed by atoms with E-state index in [0.717, 1.165) is 23.3 Å². The molecule has 0 heterocycles. The largest absolute Gasteiger partial charge is 0.483 e. The van der Waals surface area contributed by atoms with Crippen molar-refractivity contribution in [3.8, 4) is 5.75 Å². The Hall–Kier alpha value is -1.96. The fourth-order valence-corrected chi connectivity index (χ4v) is 5.55. The van der Waals surface area contributed by atoms with Gasteiger partial charge in [0, 0.05) is 5.92 Å². The van der Waals surface area contributed by atoms with Gasteiger partial charge in [-0.25, -0.2) is 0 Å². The maximum atomic E-state index is 6.72. The average Bonchev–Trinajstić information content (AvgIpc) is 2.96. The quantitative estimate of drug-likeness (QED) is 0.466. The summed E-state index contributed by atoms with van der Waals surface area (Å²) >= 11 is 0. The van der Waals surface area contributed by atoms with Crippen molar-refractivity contribution in [3.63, 3.8) is 0 Å². The average molecular weight is 378 g/mol. The van der Waals surface area contributed by atoms with E-state index in [2.05, 4.69) is 50.2 Å². The molecule has 0 bridgehead atoms. The summed E-state index contributed by atoms with van der Waals surface area (Å²) in [5.41, 5.74) is 11.1. The lowest BCUT2D eigenvalue weighted by molar-refractivity contribution is 0.0678. The normalized spacial score (nSPS) is 27.6. The summed E-state index contributed by atoms with van der Waals surface area (Å²) in [4.78, 5) is 0. The van der Waals surface area contributed by atoms with Crippen LogP contribution in [0.5, 0.6) is 5.75 Å². The van der Waals surface area contributed by atoms with Crippen LogP contribution in [0.25, 0.3) is 0 Å². The molecule has 2 aliphatic carbocycles. The van der Waals surface area contributed by atoms with Crippen molar-refractivity contribution in [2.45, 2.75) is 71.3 Å². The molecule has 0 aliphatic heterocycles. The summed E-state index contributed by atoms with van der Waals surface area (Å²) in [7, 11) is 0. The van der Waals surface area contributed by atoms with E-state index in [9.17, 15) is 0 Å². The van der Waals surface area contributed by atoms with Gasteiger partial charge in [-0.1, -0.05) is 69.4 Å². The van der Waals surface area contributed by atoms with Gasteiger partial charge in [-0.05, 0) is 66.8 Å². The summed E-state index contributed by atoms with van der Waals surface area (Å²) < 4.78 is 6.72. The molecule has 2 aromatic carbocycles. The number of aryl methyl sites for hydroxylation is 2. The maximum Gasteiger partial charge on any atom is 0.143 e. The Morgan fingerprint density at radius 2 is 1.86 bits per heavy atom. The monoisotopic (exact) mass is 377 g/mol. The first-order chi connectivity index (χ1) is 13.7. The zero-order chi connectivity index (χ0) is 19.5. The second-order valence-corrected chi connectivity index (χ2v) is 9.04. The molecule has 0 radical (unpaired) electrons. The fraction of sp³-hybridized carbons (Fsp3) is 0.538. The molecule has 0 saturated heterocycles. The van der Waals surface area contributed by atoms with Gasteiger partial charge in [0.15, 0.2) is 0 Å². The van der Waals surface area contributed by atoms with E-state index in [-0.39, 0.29) is 6.10 Å². The Bertz CT molecular complexity index is 799. The molecular formula is C26H35NO. The molecule has 0 amide bonds. The van der Waals surface area contributed by atoms with Crippen LogP contribution in [0.4, 0.5) is 5.69 Å². The van der Waals surface area contributed by atoms with Gasteiger partial charge in [-0.2, -0.15) is 0 Å². The van der Waals surface area contributed by atoms with Gasteiger partial charge >= 0.3 is 0 Å². The Balaban J connectivity index is 1.66. The van der Waals surface area contributed by atoms with Crippen molar-refractivity contribution in [3.05, 3.63) is 59.2 Å². The van der Waals surface area contributed by atoms with Crippen molar-refractivity contribution in [2.75, 3.05) is 5.73 Å². The van der Waals surface area contributed by atoms with Crippen molar-refractivity contribution in [1.82, 2.24) is 0 Å². The fourth-order valence-electron chi connectivity index (χ4n) is 5.55. The lowest BCUT2D eigenvalue weighted by Crippen LogP contribution is -2.31. The third-order valence-corrected chi connectivity index (χ3v) is 7.17. The minimum Gasteiger partial charge on any atom is -0.483 e. The molecule has 4 rings (SSSR count). The molecule has 2 aromatic rings. The Morgan fingerprint density at radius 3 is 2.68 bits per heavy atom. The van der Waals surface area contributed by atoms with Gasteiger partial charge in [0.05, 0.1) is 5.69 Å². The van der Waals surface area contributed by atoms with Crippen LogP contribution in [0.15, 0.2) is 42.5 Å². The number of nitrogen functional groups attached to an aromatic ring is 1. The number of nitrogens with two attached hydrogens (primary N) is 1. The Labute approximate surface area is 170 Å². The first-order valence-electron chi connectivity index (χ1n) is 11.3. The number of ether oxygens (including phenoxy) is 1. The standard InChI is InChI=1S/C26H35NO/c1-3-19-8-4-5-10-21(17-19)23-14-13-20-9-6-7-11-22(20)26(23)28-25-15-12-18(2)16-24(25)27/h6-7,9,11-12,15-16,19,21,23,26H,3-5,8,10,13-14,17,27H2,1-2H3. The summed E-state index contributed by atoms with van der Waals surface area (Å²) in [6.07, 6.45) is 10.7. The second kappa shape index (κ2) is 8.59. The van der Waals surface area contributed by atoms with Gasteiger partial charge in [-0.3, -0.25) is 0 Å². The van der Waals surface area contributed by atoms with Crippen LogP contribution in [0.2, 0.25) is 0 Å². The maximum absolute atomic E-state index is 6.72. The van der Waals surface area contributed by atoms with E-state index in [1.54, 1.807) is 0 Å². The third kappa shape index (κ3) is 4.06. The zero-order valence-electron chi connectivity index (χ0n) is 17.5. The summed E-state index contributed by atoms with van der Waals surface area (Å²) in [5.74, 6) is 3.08. The minimum absolute atomic E-state index is 0.121. The van der Waals surface area contributed by atoms with E-state index in [1.807, 2.05) is 6.07 Å². The van der Waals surface area contributed by atoms with Gasteiger partial charge in [0.2, 0.25) is 0 Å². The molecule has 2 N–H and O–H groups in total. The lowest BCUT2D eigenvalue weighted by atomic mass is 9.71. The minimum atomic E-state index is 0.121. The van der Waals surface area contributed by atoms with Crippen molar-refractivity contribution < 1.29 is 4.74 Å². The topological polar surface area (TPSA) is 35.2 Å². The number of rotatable bonds is 4. The van der Waals surface area contributed by atoms with Crippen LogP contribution >= 0.6 is 0 Å². The summed E-state index contributed by atoms with van der Waals surface area (Å²) in [6.45, 7) is 4.44. The van der Waals surface area contributed by atoms with Crippen molar-refractivity contribution >= 4 is 5.69 Å². The van der Waals surface area contributed by atoms with Gasteiger partial charge in [0.1, 0.15) is 11.9 Å². The number of hydrogen-bond donors (Lipinski definition) is 1. The van der Waals surface area contributed by atoms with Crippen molar-refractivity contribution in [1.29, 1.82) is 0 Å². The molecule has 1 saturated carbocycles. The molecule has 4 atom stereocenters. The molecule has 1 fully saturated rings. The molecule has 28 heavy (non-hydrogen) atoms. The second-order valence-electron chi connectivity index (χ2n) is 9.04. The number of fused-ring (bicyclic) bond motifs is 1. The van der Waals surface area contributed by atoms with E-state index in [4.69, 9.17) is 10.5 Å². The van der Waals surface area contributed by atoms with Gasteiger partial charge < -0.3 is 10.5 Å². The molecule has 2 heteroatoms. The zero-order valence-corrected chi connectivity index (χ0v) is 17.5. The van der Waals surface area contributed by atoms with Crippen LogP contribution in [0.1, 0.15) is 74.7 Å². The number of benzene rings is 2. The summed E-state index contributed by atoms with van der Waals surface area (Å²) in [5, 5.41) is 0. The highest BCUT2D eigenvalue weighted by molar-refractivity contribution is 5.54. The molecule has 0 aromatic heterocycles.